The van der Waals surface area contributed by atoms with Crippen molar-refractivity contribution in [1.82, 2.24) is 20.5 Å². The van der Waals surface area contributed by atoms with E-state index in [9.17, 15) is 4.79 Å². The summed E-state index contributed by atoms with van der Waals surface area (Å²) in [7, 11) is 3.47. The number of guanidine groups is 1. The summed E-state index contributed by atoms with van der Waals surface area (Å²) in [4.78, 5) is 24.2. The molecule has 2 N–H and O–H groups in total. The molecule has 0 saturated carbocycles. The molecule has 1 saturated heterocycles. The Kier molecular flexibility index (Phi) is 8.80. The summed E-state index contributed by atoms with van der Waals surface area (Å²) in [6.45, 7) is 4.77. The molecule has 1 unspecified atom stereocenters. The summed E-state index contributed by atoms with van der Waals surface area (Å²) in [5, 5.41) is 6.60. The number of hydrogen-bond donors (Lipinski definition) is 2. The van der Waals surface area contributed by atoms with Gasteiger partial charge in [0, 0.05) is 46.0 Å². The van der Waals surface area contributed by atoms with Crippen LogP contribution >= 0.6 is 24.0 Å². The van der Waals surface area contributed by atoms with E-state index in [-0.39, 0.29) is 36.4 Å². The van der Waals surface area contributed by atoms with E-state index in [0.717, 1.165) is 31.9 Å². The van der Waals surface area contributed by atoms with Crippen LogP contribution in [0.15, 0.2) is 29.4 Å². The molecule has 0 aromatic carbocycles. The van der Waals surface area contributed by atoms with E-state index in [4.69, 9.17) is 0 Å². The van der Waals surface area contributed by atoms with Gasteiger partial charge in [0.05, 0.1) is 0 Å². The first-order valence-corrected chi connectivity index (χ1v) is 8.01. The van der Waals surface area contributed by atoms with Crippen molar-refractivity contribution in [3.05, 3.63) is 24.4 Å². The molecule has 7 nitrogen and oxygen atoms in total. The number of hydrogen-bond acceptors (Lipinski definition) is 4. The standard InChI is InChI=1S/C16H26N6O.HI/c1-4-17-16(19-11-15(23)21(2)3)20-13-8-10-22(12-13)14-7-5-6-9-18-14;/h5-7,9,13H,4,8,10-12H2,1-3H3,(H2,17,19,20);1H. The lowest BCUT2D eigenvalue weighted by Gasteiger charge is -2.19. The van der Waals surface area contributed by atoms with Crippen LogP contribution < -0.4 is 15.5 Å². The van der Waals surface area contributed by atoms with Crippen molar-refractivity contribution in [3.8, 4) is 0 Å². The minimum Gasteiger partial charge on any atom is -0.357 e. The highest BCUT2D eigenvalue weighted by molar-refractivity contribution is 14.0. The average Bonchev–Trinajstić information content (AvgIpc) is 3.01. The minimum absolute atomic E-state index is 0. The molecule has 0 radical (unpaired) electrons. The molecule has 1 amide bonds. The first kappa shape index (κ1) is 20.5. The Hall–Kier alpha value is -1.58. The first-order valence-electron chi connectivity index (χ1n) is 8.01. The van der Waals surface area contributed by atoms with Gasteiger partial charge >= 0.3 is 0 Å². The van der Waals surface area contributed by atoms with Crippen molar-refractivity contribution in [2.75, 3.05) is 45.2 Å². The van der Waals surface area contributed by atoms with Crippen LogP contribution in [0, 0.1) is 0 Å². The van der Waals surface area contributed by atoms with Gasteiger partial charge in [-0.1, -0.05) is 6.07 Å². The number of amides is 1. The number of anilines is 1. The molecule has 1 aliphatic heterocycles. The molecule has 0 bridgehead atoms. The molecule has 2 rings (SSSR count). The van der Waals surface area contributed by atoms with Crippen molar-refractivity contribution in [1.29, 1.82) is 0 Å². The first-order chi connectivity index (χ1) is 11.1. The predicted octanol–water partition coefficient (Wildman–Crippen LogP) is 0.922. The Balaban J connectivity index is 0.00000288. The van der Waals surface area contributed by atoms with Gasteiger partial charge in [0.2, 0.25) is 5.91 Å². The lowest BCUT2D eigenvalue weighted by molar-refractivity contribution is -0.127. The van der Waals surface area contributed by atoms with E-state index in [1.165, 1.54) is 0 Å². The molecule has 134 valence electrons. The second-order valence-corrected chi connectivity index (χ2v) is 5.75. The second-order valence-electron chi connectivity index (χ2n) is 5.75. The van der Waals surface area contributed by atoms with Crippen LogP contribution in [-0.4, -0.2) is 68.1 Å². The maximum Gasteiger partial charge on any atom is 0.243 e. The van der Waals surface area contributed by atoms with Gasteiger partial charge in [-0.25, -0.2) is 9.98 Å². The highest BCUT2D eigenvalue weighted by Gasteiger charge is 2.24. The van der Waals surface area contributed by atoms with Crippen molar-refractivity contribution in [2.45, 2.75) is 19.4 Å². The molecular formula is C16H27IN6O. The quantitative estimate of drug-likeness (QED) is 0.400. The van der Waals surface area contributed by atoms with Crippen molar-refractivity contribution in [3.63, 3.8) is 0 Å². The summed E-state index contributed by atoms with van der Waals surface area (Å²) in [6.07, 6.45) is 2.83. The number of nitrogens with one attached hydrogen (secondary N) is 2. The number of aliphatic imine (C=N–C) groups is 1. The predicted molar refractivity (Wildman–Crippen MR) is 108 cm³/mol. The normalized spacial score (nSPS) is 17.2. The summed E-state index contributed by atoms with van der Waals surface area (Å²) >= 11 is 0. The van der Waals surface area contributed by atoms with E-state index < -0.39 is 0 Å². The summed E-state index contributed by atoms with van der Waals surface area (Å²) in [6, 6.07) is 6.25. The molecule has 1 aromatic rings. The fraction of sp³-hybridized carbons (Fsp3) is 0.562. The van der Waals surface area contributed by atoms with Gasteiger partial charge < -0.3 is 20.4 Å². The van der Waals surface area contributed by atoms with Crippen LogP contribution in [0.25, 0.3) is 0 Å². The zero-order chi connectivity index (χ0) is 16.7. The Morgan fingerprint density at radius 2 is 2.25 bits per heavy atom. The summed E-state index contributed by atoms with van der Waals surface area (Å²) in [5.74, 6) is 1.68. The molecule has 24 heavy (non-hydrogen) atoms. The van der Waals surface area contributed by atoms with Gasteiger partial charge in [0.15, 0.2) is 5.96 Å². The molecular weight excluding hydrogens is 419 g/mol. The third-order valence-electron chi connectivity index (χ3n) is 3.72. The van der Waals surface area contributed by atoms with Gasteiger partial charge in [-0.15, -0.1) is 24.0 Å². The Bertz CT molecular complexity index is 537. The van der Waals surface area contributed by atoms with Crippen molar-refractivity contribution >= 4 is 41.7 Å². The maximum absolute atomic E-state index is 11.7. The monoisotopic (exact) mass is 446 g/mol. The van der Waals surface area contributed by atoms with E-state index in [2.05, 4.69) is 25.5 Å². The Morgan fingerprint density at radius 3 is 2.88 bits per heavy atom. The smallest absolute Gasteiger partial charge is 0.243 e. The lowest BCUT2D eigenvalue weighted by Crippen LogP contribution is -2.45. The average molecular weight is 446 g/mol. The molecule has 8 heteroatoms. The third kappa shape index (κ3) is 6.14. The maximum atomic E-state index is 11.7. The molecule has 1 aromatic heterocycles. The lowest BCUT2D eigenvalue weighted by atomic mass is 10.3. The Labute approximate surface area is 160 Å². The van der Waals surface area contributed by atoms with Crippen molar-refractivity contribution in [2.24, 2.45) is 4.99 Å². The van der Waals surface area contributed by atoms with Crippen LogP contribution in [0.2, 0.25) is 0 Å². The van der Waals surface area contributed by atoms with E-state index in [1.807, 2.05) is 31.3 Å². The zero-order valence-corrected chi connectivity index (χ0v) is 16.9. The third-order valence-corrected chi connectivity index (χ3v) is 3.72. The number of likely N-dealkylation sites (N-methyl/N-ethyl adjacent to an activating group) is 1. The number of rotatable bonds is 5. The number of halogens is 1. The van der Waals surface area contributed by atoms with E-state index in [0.29, 0.717) is 12.0 Å². The largest absolute Gasteiger partial charge is 0.357 e. The second kappa shape index (κ2) is 10.3. The number of carbonyl (C=O) groups is 1. The highest BCUT2D eigenvalue weighted by atomic mass is 127. The number of carbonyl (C=O) groups excluding carboxylic acids is 1. The van der Waals surface area contributed by atoms with Gasteiger partial charge in [-0.3, -0.25) is 4.79 Å². The Morgan fingerprint density at radius 1 is 1.46 bits per heavy atom. The highest BCUT2D eigenvalue weighted by Crippen LogP contribution is 2.17. The van der Waals surface area contributed by atoms with Crippen LogP contribution in [0.4, 0.5) is 5.82 Å². The van der Waals surface area contributed by atoms with Crippen LogP contribution in [-0.2, 0) is 4.79 Å². The number of nitrogens with zero attached hydrogens (tertiary/aromatic N) is 4. The number of aromatic nitrogens is 1. The molecule has 0 spiro atoms. The number of pyridine rings is 1. The minimum atomic E-state index is -0.0104. The molecule has 0 aliphatic carbocycles. The molecule has 1 aliphatic rings. The summed E-state index contributed by atoms with van der Waals surface area (Å²) < 4.78 is 0. The van der Waals surface area contributed by atoms with E-state index in [1.54, 1.807) is 19.0 Å². The van der Waals surface area contributed by atoms with Crippen LogP contribution in [0.3, 0.4) is 0 Å². The van der Waals surface area contributed by atoms with E-state index >= 15 is 0 Å². The van der Waals surface area contributed by atoms with Gasteiger partial charge in [0.25, 0.3) is 0 Å². The molecule has 2 heterocycles. The molecule has 1 fully saturated rings. The van der Waals surface area contributed by atoms with Crippen LogP contribution in [0.5, 0.6) is 0 Å². The van der Waals surface area contributed by atoms with Gasteiger partial charge in [-0.2, -0.15) is 0 Å². The zero-order valence-electron chi connectivity index (χ0n) is 14.5. The van der Waals surface area contributed by atoms with Gasteiger partial charge in [0.1, 0.15) is 12.4 Å². The topological polar surface area (TPSA) is 72.9 Å². The van der Waals surface area contributed by atoms with Crippen molar-refractivity contribution < 1.29 is 4.79 Å². The summed E-state index contributed by atoms with van der Waals surface area (Å²) in [5.41, 5.74) is 0. The SMILES string of the molecule is CCNC(=NCC(=O)N(C)C)NC1CCN(c2ccccn2)C1.I. The molecule has 1 atom stereocenters. The van der Waals surface area contributed by atoms with Gasteiger partial charge in [-0.05, 0) is 25.5 Å². The van der Waals surface area contributed by atoms with Crippen LogP contribution in [0.1, 0.15) is 13.3 Å². The fourth-order valence-electron chi connectivity index (χ4n) is 2.43. The fourth-order valence-corrected chi connectivity index (χ4v) is 2.43.